The Labute approximate surface area is 111 Å². The van der Waals surface area contributed by atoms with Gasteiger partial charge in [0.05, 0.1) is 5.41 Å². The molecule has 0 aromatic rings. The van der Waals surface area contributed by atoms with E-state index in [9.17, 15) is 4.79 Å². The lowest BCUT2D eigenvalue weighted by molar-refractivity contribution is -0.144. The van der Waals surface area contributed by atoms with E-state index >= 15 is 0 Å². The Morgan fingerprint density at radius 2 is 1.94 bits per heavy atom. The Morgan fingerprint density at radius 3 is 2.44 bits per heavy atom. The zero-order valence-corrected chi connectivity index (χ0v) is 12.4. The van der Waals surface area contributed by atoms with Gasteiger partial charge < -0.3 is 15.5 Å². The van der Waals surface area contributed by atoms with E-state index < -0.39 is 0 Å². The Bertz CT molecular complexity index is 268. The molecule has 18 heavy (non-hydrogen) atoms. The Hall–Kier alpha value is -0.610. The molecule has 0 aromatic carbocycles. The van der Waals surface area contributed by atoms with E-state index in [2.05, 4.69) is 37.6 Å². The van der Waals surface area contributed by atoms with Crippen molar-refractivity contribution in [1.82, 2.24) is 9.80 Å². The number of nitrogens with two attached hydrogens (primary N) is 1. The maximum Gasteiger partial charge on any atom is 0.230 e. The van der Waals surface area contributed by atoms with Gasteiger partial charge in [0.2, 0.25) is 5.91 Å². The van der Waals surface area contributed by atoms with Gasteiger partial charge in [0.15, 0.2) is 0 Å². The molecular weight excluding hydrogens is 226 g/mol. The number of hydrogen-bond acceptors (Lipinski definition) is 3. The minimum absolute atomic E-state index is 0.262. The molecule has 2 N–H and O–H groups in total. The summed E-state index contributed by atoms with van der Waals surface area (Å²) < 4.78 is 0. The van der Waals surface area contributed by atoms with Crippen LogP contribution in [0.15, 0.2) is 0 Å². The first kappa shape index (κ1) is 15.4. The lowest BCUT2D eigenvalue weighted by Gasteiger charge is -2.37. The van der Waals surface area contributed by atoms with E-state index in [4.69, 9.17) is 5.73 Å². The number of hydrogen-bond donors (Lipinski definition) is 1. The lowest BCUT2D eigenvalue weighted by atomic mass is 9.80. The van der Waals surface area contributed by atoms with Crippen molar-refractivity contribution in [2.75, 3.05) is 33.2 Å². The highest BCUT2D eigenvalue weighted by atomic mass is 16.2. The number of likely N-dealkylation sites (N-methyl/N-ethyl adjacent to an activating group) is 1. The molecule has 0 radical (unpaired) electrons. The maximum absolute atomic E-state index is 12.8. The van der Waals surface area contributed by atoms with Gasteiger partial charge >= 0.3 is 0 Å². The standard InChI is InChI=1S/C14H29N3O/c1-5-14(6-2,11-15)13(18)17-9-7-8-16(4)10-12(17)3/h12H,5-11,15H2,1-4H3. The quantitative estimate of drug-likeness (QED) is 0.824. The molecule has 1 amide bonds. The van der Waals surface area contributed by atoms with Crippen LogP contribution in [-0.4, -0.2) is 55.0 Å². The molecule has 0 spiro atoms. The van der Waals surface area contributed by atoms with E-state index in [0.717, 1.165) is 38.9 Å². The third-order valence-corrected chi connectivity index (χ3v) is 4.51. The van der Waals surface area contributed by atoms with E-state index in [1.807, 2.05) is 0 Å². The molecule has 1 unspecified atom stereocenters. The second kappa shape index (κ2) is 6.53. The number of nitrogens with zero attached hydrogens (tertiary/aromatic N) is 2. The first-order valence-electron chi connectivity index (χ1n) is 7.20. The Morgan fingerprint density at radius 1 is 1.33 bits per heavy atom. The Balaban J connectivity index is 2.86. The van der Waals surface area contributed by atoms with Crippen molar-refractivity contribution in [3.63, 3.8) is 0 Å². The van der Waals surface area contributed by atoms with Crippen LogP contribution >= 0.6 is 0 Å². The van der Waals surface area contributed by atoms with E-state index in [1.165, 1.54) is 0 Å². The fourth-order valence-corrected chi connectivity index (χ4v) is 2.91. The lowest BCUT2D eigenvalue weighted by Crippen LogP contribution is -2.51. The number of carbonyl (C=O) groups excluding carboxylic acids is 1. The first-order valence-corrected chi connectivity index (χ1v) is 7.20. The average Bonchev–Trinajstić information content (AvgIpc) is 2.52. The monoisotopic (exact) mass is 255 g/mol. The van der Waals surface area contributed by atoms with Crippen LogP contribution in [0.5, 0.6) is 0 Å². The van der Waals surface area contributed by atoms with E-state index in [1.54, 1.807) is 0 Å². The molecule has 4 nitrogen and oxygen atoms in total. The maximum atomic E-state index is 12.8. The molecule has 1 aliphatic heterocycles. The molecule has 4 heteroatoms. The summed E-state index contributed by atoms with van der Waals surface area (Å²) in [5.41, 5.74) is 5.54. The molecule has 0 bridgehead atoms. The SMILES string of the molecule is CCC(CC)(CN)C(=O)N1CCCN(C)CC1C. The van der Waals surface area contributed by atoms with Crippen LogP contribution in [0, 0.1) is 5.41 Å². The van der Waals surface area contributed by atoms with Crippen molar-refractivity contribution in [1.29, 1.82) is 0 Å². The van der Waals surface area contributed by atoms with Crippen molar-refractivity contribution >= 4 is 5.91 Å². The molecule has 1 rings (SSSR count). The Kier molecular flexibility index (Phi) is 5.60. The minimum Gasteiger partial charge on any atom is -0.338 e. The number of amides is 1. The second-order valence-corrected chi connectivity index (χ2v) is 5.65. The molecule has 1 atom stereocenters. The van der Waals surface area contributed by atoms with Crippen molar-refractivity contribution in [2.24, 2.45) is 11.1 Å². The molecular formula is C14H29N3O. The van der Waals surface area contributed by atoms with Gasteiger partial charge in [0.1, 0.15) is 0 Å². The summed E-state index contributed by atoms with van der Waals surface area (Å²) in [5, 5.41) is 0. The summed E-state index contributed by atoms with van der Waals surface area (Å²) in [6.07, 6.45) is 2.72. The van der Waals surface area contributed by atoms with Crippen LogP contribution in [0.1, 0.15) is 40.0 Å². The smallest absolute Gasteiger partial charge is 0.230 e. The third kappa shape index (κ3) is 3.04. The highest BCUT2D eigenvalue weighted by Gasteiger charge is 2.38. The van der Waals surface area contributed by atoms with Crippen LogP contribution in [-0.2, 0) is 4.79 Å². The predicted octanol–water partition coefficient (Wildman–Crippen LogP) is 1.30. The summed E-state index contributed by atoms with van der Waals surface area (Å²) in [5.74, 6) is 0.262. The summed E-state index contributed by atoms with van der Waals surface area (Å²) >= 11 is 0. The molecule has 0 aromatic heterocycles. The molecule has 1 aliphatic rings. The molecule has 1 saturated heterocycles. The van der Waals surface area contributed by atoms with Crippen molar-refractivity contribution in [3.05, 3.63) is 0 Å². The molecule has 1 fully saturated rings. The highest BCUT2D eigenvalue weighted by Crippen LogP contribution is 2.29. The second-order valence-electron chi connectivity index (χ2n) is 5.65. The van der Waals surface area contributed by atoms with Gasteiger partial charge in [-0.1, -0.05) is 13.8 Å². The van der Waals surface area contributed by atoms with Gasteiger partial charge in [-0.25, -0.2) is 0 Å². The zero-order chi connectivity index (χ0) is 13.8. The largest absolute Gasteiger partial charge is 0.338 e. The number of carbonyl (C=O) groups is 1. The van der Waals surface area contributed by atoms with Crippen LogP contribution in [0.2, 0.25) is 0 Å². The van der Waals surface area contributed by atoms with Gasteiger partial charge in [-0.3, -0.25) is 4.79 Å². The van der Waals surface area contributed by atoms with Crippen LogP contribution in [0.4, 0.5) is 0 Å². The average molecular weight is 255 g/mol. The van der Waals surface area contributed by atoms with Crippen LogP contribution in [0.25, 0.3) is 0 Å². The molecule has 0 aliphatic carbocycles. The van der Waals surface area contributed by atoms with Gasteiger partial charge in [-0.15, -0.1) is 0 Å². The highest BCUT2D eigenvalue weighted by molar-refractivity contribution is 5.83. The van der Waals surface area contributed by atoms with Crippen molar-refractivity contribution in [2.45, 2.75) is 46.1 Å². The van der Waals surface area contributed by atoms with Crippen molar-refractivity contribution < 1.29 is 4.79 Å². The van der Waals surface area contributed by atoms with Crippen LogP contribution in [0.3, 0.4) is 0 Å². The van der Waals surface area contributed by atoms with E-state index in [-0.39, 0.29) is 17.4 Å². The van der Waals surface area contributed by atoms with Gasteiger partial charge in [0.25, 0.3) is 0 Å². The van der Waals surface area contributed by atoms with Gasteiger partial charge in [-0.05, 0) is 39.8 Å². The topological polar surface area (TPSA) is 49.6 Å². The van der Waals surface area contributed by atoms with Gasteiger partial charge in [0, 0.05) is 25.7 Å². The van der Waals surface area contributed by atoms with Crippen molar-refractivity contribution in [3.8, 4) is 0 Å². The van der Waals surface area contributed by atoms with Gasteiger partial charge in [-0.2, -0.15) is 0 Å². The molecule has 106 valence electrons. The summed E-state index contributed by atoms with van der Waals surface area (Å²) in [6, 6.07) is 0.286. The van der Waals surface area contributed by atoms with E-state index in [0.29, 0.717) is 6.54 Å². The fourth-order valence-electron chi connectivity index (χ4n) is 2.91. The summed E-state index contributed by atoms with van der Waals surface area (Å²) in [7, 11) is 2.13. The normalized spacial score (nSPS) is 22.9. The molecule has 0 saturated carbocycles. The first-order chi connectivity index (χ1) is 8.50. The number of rotatable bonds is 4. The third-order valence-electron chi connectivity index (χ3n) is 4.51. The summed E-state index contributed by atoms with van der Waals surface area (Å²) in [4.78, 5) is 17.2. The molecule has 1 heterocycles. The minimum atomic E-state index is -0.350. The van der Waals surface area contributed by atoms with Crippen LogP contribution < -0.4 is 5.73 Å². The predicted molar refractivity (Wildman–Crippen MR) is 75.4 cm³/mol. The summed E-state index contributed by atoms with van der Waals surface area (Å²) in [6.45, 7) is 9.64. The zero-order valence-electron chi connectivity index (χ0n) is 12.4. The fraction of sp³-hybridized carbons (Fsp3) is 0.929.